The fourth-order valence-electron chi connectivity index (χ4n) is 1.29. The molecule has 0 amide bonds. The van der Waals surface area contributed by atoms with E-state index in [2.05, 4.69) is 41.3 Å². The van der Waals surface area contributed by atoms with Gasteiger partial charge in [-0.3, -0.25) is 0 Å². The fraction of sp³-hybridized carbons (Fsp3) is 0.111. The van der Waals surface area contributed by atoms with Crippen molar-refractivity contribution in [1.82, 2.24) is 0 Å². The topological polar surface area (TPSA) is 20.2 Å². The smallest absolute Gasteiger partial charge is 0.0696 e. The third kappa shape index (κ3) is 1.86. The Morgan fingerprint density at radius 1 is 1.38 bits per heavy atom. The van der Waals surface area contributed by atoms with E-state index in [1.807, 2.05) is 12.1 Å². The first-order valence-corrected chi connectivity index (χ1v) is 6.07. The van der Waals surface area contributed by atoms with Crippen LogP contribution in [0.1, 0.15) is 5.56 Å². The molecule has 0 aliphatic rings. The summed E-state index contributed by atoms with van der Waals surface area (Å²) in [6, 6.07) is 6.05. The van der Waals surface area contributed by atoms with Crippen LogP contribution in [-0.4, -0.2) is 5.11 Å². The number of thiophene rings is 1. The maximum atomic E-state index is 9.14. The van der Waals surface area contributed by atoms with E-state index in [1.54, 1.807) is 11.3 Å². The third-order valence-corrected chi connectivity index (χ3v) is 4.06. The monoisotopic (exact) mass is 322 g/mol. The maximum Gasteiger partial charge on any atom is 0.0696 e. The van der Waals surface area contributed by atoms with Gasteiger partial charge in [-0.05, 0) is 51.7 Å². The average molecular weight is 322 g/mol. The molecule has 1 aromatic heterocycles. The lowest BCUT2D eigenvalue weighted by molar-refractivity contribution is 0.283. The van der Waals surface area contributed by atoms with Crippen LogP contribution in [0.15, 0.2) is 23.1 Å². The summed E-state index contributed by atoms with van der Waals surface area (Å²) < 4.78 is 2.41. The molecule has 4 heteroatoms. The van der Waals surface area contributed by atoms with E-state index >= 15 is 0 Å². The summed E-state index contributed by atoms with van der Waals surface area (Å²) in [5.41, 5.74) is 0.968. The first-order valence-electron chi connectivity index (χ1n) is 3.72. The van der Waals surface area contributed by atoms with Crippen molar-refractivity contribution in [2.45, 2.75) is 11.5 Å². The second-order valence-corrected chi connectivity index (χ2v) is 6.19. The molecule has 1 N–H and O–H groups in total. The first kappa shape index (κ1) is 9.76. The Morgan fingerprint density at radius 2 is 2.15 bits per heavy atom. The van der Waals surface area contributed by atoms with Gasteiger partial charge in [0, 0.05) is 9.60 Å². The molecule has 0 spiro atoms. The minimum absolute atomic E-state index is 0.0848. The highest BCUT2D eigenvalue weighted by Crippen LogP contribution is 2.31. The average Bonchev–Trinajstić information content (AvgIpc) is 2.43. The molecule has 2 rings (SSSR count). The van der Waals surface area contributed by atoms with Crippen molar-refractivity contribution in [2.75, 3.05) is 0 Å². The Labute approximate surface area is 99.3 Å². The Kier molecular flexibility index (Phi) is 2.83. The third-order valence-electron chi connectivity index (χ3n) is 1.82. The van der Waals surface area contributed by atoms with Crippen LogP contribution < -0.4 is 0 Å². The fourth-order valence-corrected chi connectivity index (χ4v) is 3.46. The van der Waals surface area contributed by atoms with Crippen LogP contribution in [0.5, 0.6) is 0 Å². The quantitative estimate of drug-likeness (QED) is 0.610. The molecule has 13 heavy (non-hydrogen) atoms. The minimum atomic E-state index is 0.0848. The number of rotatable bonds is 1. The van der Waals surface area contributed by atoms with Crippen LogP contribution >= 0.6 is 46.6 Å². The molecule has 0 fully saturated rings. The molecule has 0 aliphatic carbocycles. The number of fused-ring (bicyclic) bond motifs is 1. The highest BCUT2D eigenvalue weighted by atomic mass is 127. The van der Waals surface area contributed by atoms with Gasteiger partial charge in [0.2, 0.25) is 0 Å². The first-order chi connectivity index (χ1) is 6.20. The van der Waals surface area contributed by atoms with Gasteiger partial charge in [-0.25, -0.2) is 0 Å². The summed E-state index contributed by atoms with van der Waals surface area (Å²) in [6.07, 6.45) is 0. The molecule has 0 aliphatic heterocycles. The normalized spacial score (nSPS) is 11.0. The van der Waals surface area contributed by atoms with Gasteiger partial charge in [0.25, 0.3) is 0 Å². The van der Waals surface area contributed by atoms with E-state index in [4.69, 9.17) is 5.11 Å². The van der Waals surface area contributed by atoms with Gasteiger partial charge < -0.3 is 5.11 Å². The molecule has 1 nitrogen and oxygen atoms in total. The largest absolute Gasteiger partial charge is 0.392 e. The van der Waals surface area contributed by atoms with Crippen molar-refractivity contribution in [1.29, 1.82) is 0 Å². The summed E-state index contributed by atoms with van der Waals surface area (Å²) >= 11 is 8.28. The van der Waals surface area contributed by atoms with Crippen LogP contribution in [0.4, 0.5) is 0 Å². The van der Waals surface area contributed by atoms with Crippen LogP contribution in [0, 0.1) is 2.88 Å². The van der Waals surface area contributed by atoms with Gasteiger partial charge in [0.15, 0.2) is 0 Å². The van der Waals surface area contributed by atoms with Crippen LogP contribution in [0.25, 0.3) is 10.1 Å². The lowest BCUT2D eigenvalue weighted by Crippen LogP contribution is -1.82. The zero-order chi connectivity index (χ0) is 9.42. The molecule has 1 heterocycles. The summed E-state index contributed by atoms with van der Waals surface area (Å²) in [6.45, 7) is 0.0848. The Morgan fingerprint density at radius 3 is 2.85 bits per heavy atom. The molecule has 0 saturated heterocycles. The number of hydrogen-bond acceptors (Lipinski definition) is 3. The molecular weight excluding hydrogens is 315 g/mol. The molecule has 0 bridgehead atoms. The number of hydrogen-bond donors (Lipinski definition) is 2. The Hall–Kier alpha value is 0.220. The van der Waals surface area contributed by atoms with Gasteiger partial charge >= 0.3 is 0 Å². The second kappa shape index (κ2) is 3.76. The van der Waals surface area contributed by atoms with Gasteiger partial charge in [-0.15, -0.1) is 24.0 Å². The SMILES string of the molecule is OCc1cc(S)cc2cc(I)sc12. The molecular formula is C9H7IOS2. The molecule has 0 atom stereocenters. The van der Waals surface area contributed by atoms with Gasteiger partial charge in [-0.1, -0.05) is 0 Å². The second-order valence-electron chi connectivity index (χ2n) is 2.73. The van der Waals surface area contributed by atoms with E-state index < -0.39 is 0 Å². The number of benzene rings is 1. The molecule has 0 radical (unpaired) electrons. The highest BCUT2D eigenvalue weighted by Gasteiger charge is 2.05. The van der Waals surface area contributed by atoms with Crippen LogP contribution in [0.2, 0.25) is 0 Å². The zero-order valence-corrected chi connectivity index (χ0v) is 10.5. The highest BCUT2D eigenvalue weighted by molar-refractivity contribution is 14.1. The predicted molar refractivity (Wildman–Crippen MR) is 67.7 cm³/mol. The molecule has 68 valence electrons. The maximum absolute atomic E-state index is 9.14. The zero-order valence-electron chi connectivity index (χ0n) is 6.62. The summed E-state index contributed by atoms with van der Waals surface area (Å²) in [7, 11) is 0. The standard InChI is InChI=1S/C9H7IOS2/c10-8-3-5-1-7(12)2-6(4-11)9(5)13-8/h1-3,11-12H,4H2. The van der Waals surface area contributed by atoms with Crippen molar-refractivity contribution in [2.24, 2.45) is 0 Å². The molecule has 2 aromatic rings. The predicted octanol–water partition coefficient (Wildman–Crippen LogP) is 3.29. The number of aliphatic hydroxyl groups excluding tert-OH is 1. The number of aliphatic hydroxyl groups is 1. The van der Waals surface area contributed by atoms with Crippen molar-refractivity contribution < 1.29 is 5.11 Å². The van der Waals surface area contributed by atoms with E-state index in [0.29, 0.717) is 0 Å². The Balaban J connectivity index is 2.80. The van der Waals surface area contributed by atoms with Crippen molar-refractivity contribution in [3.05, 3.63) is 26.6 Å². The molecule has 0 saturated carbocycles. The van der Waals surface area contributed by atoms with E-state index in [1.165, 1.54) is 13.0 Å². The minimum Gasteiger partial charge on any atom is -0.392 e. The van der Waals surface area contributed by atoms with Crippen LogP contribution in [-0.2, 0) is 6.61 Å². The van der Waals surface area contributed by atoms with E-state index in [0.717, 1.165) is 10.5 Å². The summed E-state index contributed by atoms with van der Waals surface area (Å²) in [4.78, 5) is 0.908. The summed E-state index contributed by atoms with van der Waals surface area (Å²) in [5.74, 6) is 0. The molecule has 0 unspecified atom stereocenters. The number of halogens is 1. The van der Waals surface area contributed by atoms with Gasteiger partial charge in [0.1, 0.15) is 0 Å². The lowest BCUT2D eigenvalue weighted by atomic mass is 10.2. The summed E-state index contributed by atoms with van der Waals surface area (Å²) in [5, 5.41) is 10.3. The number of thiol groups is 1. The molecule has 1 aromatic carbocycles. The Bertz CT molecular complexity index is 450. The van der Waals surface area contributed by atoms with Crippen molar-refractivity contribution in [3.63, 3.8) is 0 Å². The van der Waals surface area contributed by atoms with Crippen molar-refractivity contribution in [3.8, 4) is 0 Å². The van der Waals surface area contributed by atoms with Crippen molar-refractivity contribution >= 4 is 56.6 Å². The van der Waals surface area contributed by atoms with Gasteiger partial charge in [-0.2, -0.15) is 0 Å². The van der Waals surface area contributed by atoms with Crippen LogP contribution in [0.3, 0.4) is 0 Å². The van der Waals surface area contributed by atoms with E-state index in [-0.39, 0.29) is 6.61 Å². The van der Waals surface area contributed by atoms with E-state index in [9.17, 15) is 0 Å². The lowest BCUT2D eigenvalue weighted by Gasteiger charge is -1.99. The van der Waals surface area contributed by atoms with Gasteiger partial charge in [0.05, 0.1) is 9.49 Å².